The van der Waals surface area contributed by atoms with Crippen LogP contribution in [0.25, 0.3) is 0 Å². The van der Waals surface area contributed by atoms with Crippen LogP contribution in [0.1, 0.15) is 26.3 Å². The van der Waals surface area contributed by atoms with Crippen molar-refractivity contribution in [3.63, 3.8) is 0 Å². The summed E-state index contributed by atoms with van der Waals surface area (Å²) in [5, 5.41) is 9.25. The molecule has 1 atom stereocenters. The predicted octanol–water partition coefficient (Wildman–Crippen LogP) is 2.68. The fourth-order valence-electron chi connectivity index (χ4n) is 1.92. The molecule has 0 heterocycles. The number of rotatable bonds is 5. The smallest absolute Gasteiger partial charge is 0.324 e. The molecule has 19 heavy (non-hydrogen) atoms. The van der Waals surface area contributed by atoms with Crippen LogP contribution in [0, 0.1) is 17.2 Å². The fourth-order valence-corrected chi connectivity index (χ4v) is 1.92. The van der Waals surface area contributed by atoms with Crippen molar-refractivity contribution < 1.29 is 14.3 Å². The second kappa shape index (κ2) is 6.24. The Morgan fingerprint density at radius 1 is 1.37 bits per heavy atom. The standard InChI is InChI=1S/C15H19NO3/c1-5-19-14(17)13(10-16)15(2,3)11-6-8-12(18-4)9-7-11/h6-9,13H,5H2,1-4H3. The van der Waals surface area contributed by atoms with Gasteiger partial charge < -0.3 is 9.47 Å². The quantitative estimate of drug-likeness (QED) is 0.764. The first-order valence-corrected chi connectivity index (χ1v) is 6.18. The molecule has 1 unspecified atom stereocenters. The van der Waals surface area contributed by atoms with Gasteiger partial charge in [-0.25, -0.2) is 0 Å². The van der Waals surface area contributed by atoms with Crippen LogP contribution in [0.4, 0.5) is 0 Å². The van der Waals surface area contributed by atoms with Crippen molar-refractivity contribution in [3.8, 4) is 11.8 Å². The Hall–Kier alpha value is -2.02. The molecule has 0 saturated heterocycles. The zero-order chi connectivity index (χ0) is 14.5. The summed E-state index contributed by atoms with van der Waals surface area (Å²) in [6.07, 6.45) is 0. The van der Waals surface area contributed by atoms with Crippen LogP contribution in [-0.4, -0.2) is 19.7 Å². The normalized spacial score (nSPS) is 12.4. The van der Waals surface area contributed by atoms with Gasteiger partial charge >= 0.3 is 5.97 Å². The summed E-state index contributed by atoms with van der Waals surface area (Å²) < 4.78 is 10.1. The van der Waals surface area contributed by atoms with Gasteiger partial charge in [0, 0.05) is 5.41 Å². The SMILES string of the molecule is CCOC(=O)C(C#N)C(C)(C)c1ccc(OC)cc1. The molecule has 0 spiro atoms. The van der Waals surface area contributed by atoms with Gasteiger partial charge in [0.2, 0.25) is 0 Å². The van der Waals surface area contributed by atoms with Gasteiger partial charge in [0.1, 0.15) is 5.75 Å². The number of carbonyl (C=O) groups excluding carboxylic acids is 1. The molecule has 0 aliphatic rings. The molecule has 4 nitrogen and oxygen atoms in total. The van der Waals surface area contributed by atoms with E-state index in [1.54, 1.807) is 14.0 Å². The zero-order valence-corrected chi connectivity index (χ0v) is 11.8. The second-order valence-electron chi connectivity index (χ2n) is 4.76. The lowest BCUT2D eigenvalue weighted by molar-refractivity contribution is -0.147. The molecule has 0 bridgehead atoms. The number of benzene rings is 1. The largest absolute Gasteiger partial charge is 0.497 e. The third kappa shape index (κ3) is 3.25. The minimum absolute atomic E-state index is 0.274. The molecule has 102 valence electrons. The fraction of sp³-hybridized carbons (Fsp3) is 0.467. The number of carbonyl (C=O) groups is 1. The van der Waals surface area contributed by atoms with Crippen molar-refractivity contribution in [1.82, 2.24) is 0 Å². The lowest BCUT2D eigenvalue weighted by Crippen LogP contribution is -2.35. The number of hydrogen-bond donors (Lipinski definition) is 0. The minimum Gasteiger partial charge on any atom is -0.497 e. The Kier molecular flexibility index (Phi) is 4.94. The van der Waals surface area contributed by atoms with E-state index in [0.717, 1.165) is 11.3 Å². The second-order valence-corrected chi connectivity index (χ2v) is 4.76. The topological polar surface area (TPSA) is 59.3 Å². The highest BCUT2D eigenvalue weighted by molar-refractivity contribution is 5.77. The molecule has 1 aromatic rings. The van der Waals surface area contributed by atoms with Gasteiger partial charge in [0.25, 0.3) is 0 Å². The average Bonchev–Trinajstić information content (AvgIpc) is 2.39. The van der Waals surface area contributed by atoms with Crippen molar-refractivity contribution in [2.75, 3.05) is 13.7 Å². The van der Waals surface area contributed by atoms with Crippen LogP contribution >= 0.6 is 0 Å². The summed E-state index contributed by atoms with van der Waals surface area (Å²) in [7, 11) is 1.59. The maximum Gasteiger partial charge on any atom is 0.324 e. The monoisotopic (exact) mass is 261 g/mol. The molecule has 1 aromatic carbocycles. The molecule has 4 heteroatoms. The van der Waals surface area contributed by atoms with E-state index >= 15 is 0 Å². The van der Waals surface area contributed by atoms with Gasteiger partial charge in [0.15, 0.2) is 5.92 Å². The maximum absolute atomic E-state index is 11.8. The van der Waals surface area contributed by atoms with Gasteiger partial charge in [-0.2, -0.15) is 5.26 Å². The van der Waals surface area contributed by atoms with E-state index < -0.39 is 17.3 Å². The first-order valence-electron chi connectivity index (χ1n) is 6.18. The van der Waals surface area contributed by atoms with Gasteiger partial charge in [-0.1, -0.05) is 26.0 Å². The van der Waals surface area contributed by atoms with Gasteiger partial charge in [0.05, 0.1) is 19.8 Å². The van der Waals surface area contributed by atoms with E-state index in [4.69, 9.17) is 9.47 Å². The van der Waals surface area contributed by atoms with Crippen LogP contribution < -0.4 is 4.74 Å². The number of hydrogen-bond acceptors (Lipinski definition) is 4. The Morgan fingerprint density at radius 3 is 2.37 bits per heavy atom. The van der Waals surface area contributed by atoms with Crippen LogP contribution in [0.2, 0.25) is 0 Å². The Morgan fingerprint density at radius 2 is 1.95 bits per heavy atom. The summed E-state index contributed by atoms with van der Waals surface area (Å²) in [6.45, 7) is 5.72. The first-order chi connectivity index (χ1) is 8.97. The lowest BCUT2D eigenvalue weighted by Gasteiger charge is -2.28. The van der Waals surface area contributed by atoms with Gasteiger partial charge in [-0.3, -0.25) is 4.79 Å². The highest BCUT2D eigenvalue weighted by atomic mass is 16.5. The van der Waals surface area contributed by atoms with E-state index in [1.807, 2.05) is 44.2 Å². The molecular formula is C15H19NO3. The molecule has 0 N–H and O–H groups in total. The lowest BCUT2D eigenvalue weighted by atomic mass is 9.74. The summed E-state index contributed by atoms with van der Waals surface area (Å²) in [5.41, 5.74) is 0.278. The molecule has 0 fully saturated rings. The number of nitrogens with zero attached hydrogens (tertiary/aromatic N) is 1. The summed E-state index contributed by atoms with van der Waals surface area (Å²) >= 11 is 0. The van der Waals surface area contributed by atoms with Crippen molar-refractivity contribution >= 4 is 5.97 Å². The number of nitriles is 1. The summed E-state index contributed by atoms with van der Waals surface area (Å²) in [4.78, 5) is 11.8. The Balaban J connectivity index is 3.05. The molecule has 0 saturated carbocycles. The zero-order valence-electron chi connectivity index (χ0n) is 11.8. The highest BCUT2D eigenvalue weighted by Crippen LogP contribution is 2.33. The van der Waals surface area contributed by atoms with E-state index in [1.165, 1.54) is 0 Å². The molecule has 1 rings (SSSR count). The number of ether oxygens (including phenoxy) is 2. The highest BCUT2D eigenvalue weighted by Gasteiger charge is 2.38. The maximum atomic E-state index is 11.8. The molecular weight excluding hydrogens is 242 g/mol. The van der Waals surface area contributed by atoms with Crippen LogP contribution in [0.15, 0.2) is 24.3 Å². The molecule has 0 aliphatic heterocycles. The average molecular weight is 261 g/mol. The van der Waals surface area contributed by atoms with Crippen molar-refractivity contribution in [2.45, 2.75) is 26.2 Å². The van der Waals surface area contributed by atoms with Crippen LogP contribution in [0.3, 0.4) is 0 Å². The van der Waals surface area contributed by atoms with E-state index in [2.05, 4.69) is 0 Å². The number of esters is 1. The van der Waals surface area contributed by atoms with E-state index in [-0.39, 0.29) is 6.61 Å². The first kappa shape index (κ1) is 15.0. The molecule has 0 aromatic heterocycles. The van der Waals surface area contributed by atoms with Crippen molar-refractivity contribution in [1.29, 1.82) is 5.26 Å². The summed E-state index contributed by atoms with van der Waals surface area (Å²) in [5.74, 6) is -0.573. The third-order valence-electron chi connectivity index (χ3n) is 3.21. The van der Waals surface area contributed by atoms with Gasteiger partial charge in [-0.15, -0.1) is 0 Å². The molecule has 0 aliphatic carbocycles. The van der Waals surface area contributed by atoms with E-state index in [0.29, 0.717) is 0 Å². The van der Waals surface area contributed by atoms with Gasteiger partial charge in [-0.05, 0) is 24.6 Å². The van der Waals surface area contributed by atoms with E-state index in [9.17, 15) is 10.1 Å². The summed E-state index contributed by atoms with van der Waals surface area (Å²) in [6, 6.07) is 9.41. The third-order valence-corrected chi connectivity index (χ3v) is 3.21. The molecule has 0 radical (unpaired) electrons. The predicted molar refractivity (Wildman–Crippen MR) is 71.8 cm³/mol. The van der Waals surface area contributed by atoms with Crippen molar-refractivity contribution in [2.24, 2.45) is 5.92 Å². The van der Waals surface area contributed by atoms with Crippen molar-refractivity contribution in [3.05, 3.63) is 29.8 Å². The Bertz CT molecular complexity index is 471. The van der Waals surface area contributed by atoms with Crippen LogP contribution in [-0.2, 0) is 14.9 Å². The Labute approximate surface area is 113 Å². The molecule has 0 amide bonds. The minimum atomic E-state index is -0.833. The van der Waals surface area contributed by atoms with Crippen LogP contribution in [0.5, 0.6) is 5.75 Å². The number of methoxy groups -OCH3 is 1.